The zero-order valence-electron chi connectivity index (χ0n) is 12.3. The van der Waals surface area contributed by atoms with Crippen molar-refractivity contribution in [1.29, 1.82) is 0 Å². The van der Waals surface area contributed by atoms with E-state index in [-0.39, 0.29) is 18.4 Å². The van der Waals surface area contributed by atoms with Crippen molar-refractivity contribution in [2.75, 3.05) is 19.2 Å². The highest BCUT2D eigenvalue weighted by Gasteiger charge is 2.13. The number of rotatable bonds is 4. The third kappa shape index (κ3) is 3.42. The molecule has 1 amide bonds. The molecule has 0 bridgehead atoms. The number of amides is 1. The van der Waals surface area contributed by atoms with E-state index >= 15 is 0 Å². The summed E-state index contributed by atoms with van der Waals surface area (Å²) in [5.41, 5.74) is 1.15. The molecule has 1 N–H and O–H groups in total. The first-order valence-electron chi connectivity index (χ1n) is 6.88. The van der Waals surface area contributed by atoms with Crippen molar-refractivity contribution in [2.45, 2.75) is 0 Å². The van der Waals surface area contributed by atoms with E-state index in [1.165, 1.54) is 31.4 Å². The predicted octanol–water partition coefficient (Wildman–Crippen LogP) is 3.21. The Balaban J connectivity index is 1.66. The van der Waals surface area contributed by atoms with Crippen LogP contribution in [0.5, 0.6) is 17.2 Å². The van der Waals surface area contributed by atoms with Crippen LogP contribution in [-0.4, -0.2) is 19.8 Å². The van der Waals surface area contributed by atoms with E-state index in [0.29, 0.717) is 22.7 Å². The summed E-state index contributed by atoms with van der Waals surface area (Å²) in [7, 11) is 1.40. The summed E-state index contributed by atoms with van der Waals surface area (Å²) >= 11 is 0. The summed E-state index contributed by atoms with van der Waals surface area (Å²) in [5, 5.41) is 2.70. The summed E-state index contributed by atoms with van der Waals surface area (Å²) < 4.78 is 28.8. The number of methoxy groups -OCH3 is 1. The molecule has 0 unspecified atom stereocenters. The van der Waals surface area contributed by atoms with Gasteiger partial charge in [-0.25, -0.2) is 4.39 Å². The number of carbonyl (C=O) groups excluding carboxylic acids is 1. The molecule has 2 aromatic rings. The van der Waals surface area contributed by atoms with Gasteiger partial charge < -0.3 is 19.5 Å². The van der Waals surface area contributed by atoms with Crippen LogP contribution in [0.4, 0.5) is 10.1 Å². The van der Waals surface area contributed by atoms with Crippen LogP contribution in [0.3, 0.4) is 0 Å². The second-order valence-electron chi connectivity index (χ2n) is 4.78. The Hall–Kier alpha value is -3.02. The van der Waals surface area contributed by atoms with Gasteiger partial charge in [-0.1, -0.05) is 6.07 Å². The maximum Gasteiger partial charge on any atom is 0.248 e. The Morgan fingerprint density at radius 1 is 1.22 bits per heavy atom. The normalized spacial score (nSPS) is 12.4. The fourth-order valence-corrected chi connectivity index (χ4v) is 2.12. The summed E-state index contributed by atoms with van der Waals surface area (Å²) in [6, 6.07) is 9.58. The third-order valence-corrected chi connectivity index (χ3v) is 3.24. The summed E-state index contributed by atoms with van der Waals surface area (Å²) in [4.78, 5) is 11.9. The van der Waals surface area contributed by atoms with Gasteiger partial charge in [0.15, 0.2) is 23.1 Å². The lowest BCUT2D eigenvalue weighted by molar-refractivity contribution is -0.111. The number of carbonyl (C=O) groups is 1. The quantitative estimate of drug-likeness (QED) is 0.880. The standard InChI is InChI=1S/C17H14FNO4/c1-21-14-5-2-11(8-13(14)18)3-7-17(20)19-12-4-6-15-16(9-12)23-10-22-15/h2-9H,10H2,1H3,(H,19,20)/b7-3+. The molecule has 0 aromatic heterocycles. The first-order valence-corrected chi connectivity index (χ1v) is 6.88. The highest BCUT2D eigenvalue weighted by atomic mass is 19.1. The van der Waals surface area contributed by atoms with Gasteiger partial charge >= 0.3 is 0 Å². The van der Waals surface area contributed by atoms with Crippen molar-refractivity contribution >= 4 is 17.7 Å². The number of benzene rings is 2. The molecule has 0 atom stereocenters. The van der Waals surface area contributed by atoms with Crippen molar-refractivity contribution in [3.63, 3.8) is 0 Å². The van der Waals surface area contributed by atoms with Crippen molar-refractivity contribution in [1.82, 2.24) is 0 Å². The Kier molecular flexibility index (Phi) is 4.14. The minimum atomic E-state index is -0.481. The van der Waals surface area contributed by atoms with Gasteiger partial charge in [-0.15, -0.1) is 0 Å². The zero-order chi connectivity index (χ0) is 16.2. The molecule has 23 heavy (non-hydrogen) atoms. The minimum absolute atomic E-state index is 0.159. The molecular formula is C17H14FNO4. The van der Waals surface area contributed by atoms with Crippen LogP contribution in [0, 0.1) is 5.82 Å². The van der Waals surface area contributed by atoms with Crippen molar-refractivity contribution in [2.24, 2.45) is 0 Å². The third-order valence-electron chi connectivity index (χ3n) is 3.24. The van der Waals surface area contributed by atoms with Crippen LogP contribution >= 0.6 is 0 Å². The molecule has 2 aromatic carbocycles. The summed E-state index contributed by atoms with van der Waals surface area (Å²) in [6.45, 7) is 0.176. The van der Waals surface area contributed by atoms with E-state index in [0.717, 1.165) is 0 Å². The number of fused-ring (bicyclic) bond motifs is 1. The molecule has 0 radical (unpaired) electrons. The smallest absolute Gasteiger partial charge is 0.248 e. The van der Waals surface area contributed by atoms with Crippen LogP contribution in [0.25, 0.3) is 6.08 Å². The van der Waals surface area contributed by atoms with Gasteiger partial charge in [-0.2, -0.15) is 0 Å². The SMILES string of the molecule is COc1ccc(/C=C/C(=O)Nc2ccc3c(c2)OCO3)cc1F. The molecule has 0 saturated carbocycles. The Morgan fingerprint density at radius 3 is 2.83 bits per heavy atom. The second kappa shape index (κ2) is 6.39. The number of anilines is 1. The molecule has 0 spiro atoms. The van der Waals surface area contributed by atoms with Crippen LogP contribution in [0.2, 0.25) is 0 Å². The molecule has 0 fully saturated rings. The minimum Gasteiger partial charge on any atom is -0.494 e. The van der Waals surface area contributed by atoms with E-state index in [9.17, 15) is 9.18 Å². The monoisotopic (exact) mass is 315 g/mol. The highest BCUT2D eigenvalue weighted by Crippen LogP contribution is 2.34. The lowest BCUT2D eigenvalue weighted by atomic mass is 10.2. The first kappa shape index (κ1) is 14.9. The molecule has 1 aliphatic rings. The van der Waals surface area contributed by atoms with Crippen LogP contribution in [0.1, 0.15) is 5.56 Å². The van der Waals surface area contributed by atoms with Crippen molar-refractivity contribution < 1.29 is 23.4 Å². The molecule has 1 heterocycles. The number of halogens is 1. The fraction of sp³-hybridized carbons (Fsp3) is 0.118. The van der Waals surface area contributed by atoms with Gasteiger partial charge in [0.05, 0.1) is 7.11 Å². The van der Waals surface area contributed by atoms with Crippen molar-refractivity contribution in [3.05, 3.63) is 53.9 Å². The van der Waals surface area contributed by atoms with Gasteiger partial charge in [0.1, 0.15) is 0 Å². The van der Waals surface area contributed by atoms with Gasteiger partial charge in [-0.05, 0) is 35.9 Å². The highest BCUT2D eigenvalue weighted by molar-refractivity contribution is 6.02. The predicted molar refractivity (Wildman–Crippen MR) is 83.2 cm³/mol. The zero-order valence-corrected chi connectivity index (χ0v) is 12.3. The van der Waals surface area contributed by atoms with E-state index in [4.69, 9.17) is 14.2 Å². The topological polar surface area (TPSA) is 56.8 Å². The Morgan fingerprint density at radius 2 is 2.04 bits per heavy atom. The van der Waals surface area contributed by atoms with Gasteiger partial charge in [0.2, 0.25) is 12.7 Å². The number of hydrogen-bond donors (Lipinski definition) is 1. The largest absolute Gasteiger partial charge is 0.494 e. The molecule has 1 aliphatic heterocycles. The van der Waals surface area contributed by atoms with Crippen molar-refractivity contribution in [3.8, 4) is 17.2 Å². The number of nitrogens with one attached hydrogen (secondary N) is 1. The Bertz CT molecular complexity index is 773. The maximum atomic E-state index is 13.6. The lowest BCUT2D eigenvalue weighted by Gasteiger charge is -2.04. The lowest BCUT2D eigenvalue weighted by Crippen LogP contribution is -2.07. The number of hydrogen-bond acceptors (Lipinski definition) is 4. The second-order valence-corrected chi connectivity index (χ2v) is 4.78. The Labute approximate surface area is 132 Å². The molecule has 118 valence electrons. The summed E-state index contributed by atoms with van der Waals surface area (Å²) in [5.74, 6) is 0.578. The summed E-state index contributed by atoms with van der Waals surface area (Å²) in [6.07, 6.45) is 2.84. The van der Waals surface area contributed by atoms with E-state index < -0.39 is 5.82 Å². The molecule has 0 aliphatic carbocycles. The average Bonchev–Trinajstić information content (AvgIpc) is 3.01. The van der Waals surface area contributed by atoms with Crippen LogP contribution in [-0.2, 0) is 4.79 Å². The van der Waals surface area contributed by atoms with Crippen LogP contribution in [0.15, 0.2) is 42.5 Å². The average molecular weight is 315 g/mol. The first-order chi connectivity index (χ1) is 11.2. The molecule has 3 rings (SSSR count). The van der Waals surface area contributed by atoms with Gasteiger partial charge in [0, 0.05) is 17.8 Å². The maximum absolute atomic E-state index is 13.6. The molecular weight excluding hydrogens is 301 g/mol. The van der Waals surface area contributed by atoms with Gasteiger partial charge in [-0.3, -0.25) is 4.79 Å². The fourth-order valence-electron chi connectivity index (χ4n) is 2.12. The van der Waals surface area contributed by atoms with E-state index in [2.05, 4.69) is 5.32 Å². The molecule has 5 nitrogen and oxygen atoms in total. The van der Waals surface area contributed by atoms with Crippen LogP contribution < -0.4 is 19.5 Å². The molecule has 0 saturated heterocycles. The van der Waals surface area contributed by atoms with E-state index in [1.54, 1.807) is 24.3 Å². The number of ether oxygens (including phenoxy) is 3. The van der Waals surface area contributed by atoms with Gasteiger partial charge in [0.25, 0.3) is 0 Å². The molecule has 6 heteroatoms. The van der Waals surface area contributed by atoms with E-state index in [1.807, 2.05) is 0 Å².